The van der Waals surface area contributed by atoms with Gasteiger partial charge in [-0.05, 0) is 47.5 Å². The number of hydrazone groups is 1. The Labute approximate surface area is 222 Å². The lowest BCUT2D eigenvalue weighted by Gasteiger charge is -2.30. The van der Waals surface area contributed by atoms with Crippen LogP contribution < -0.4 is 4.74 Å². The molecule has 1 saturated heterocycles. The number of morpholine rings is 1. The van der Waals surface area contributed by atoms with E-state index in [9.17, 15) is 9.59 Å². The molecular weight excluding hydrogens is 484 g/mol. The zero-order valence-electron chi connectivity index (χ0n) is 21.5. The molecule has 0 bridgehead atoms. The van der Waals surface area contributed by atoms with E-state index in [0.717, 1.165) is 35.7 Å². The average molecular weight is 517 g/mol. The van der Waals surface area contributed by atoms with Crippen molar-refractivity contribution in [3.63, 3.8) is 0 Å². The summed E-state index contributed by atoms with van der Waals surface area (Å²) >= 11 is 0. The number of carbonyl (C=O) groups is 2. The number of hydrogen-bond acceptors (Lipinski definition) is 7. The number of carbonyl (C=O) groups excluding carboxylic acids is 2. The smallest absolute Gasteiger partial charge is 0.290 e. The second-order valence-electron chi connectivity index (χ2n) is 9.30. The molecule has 0 unspecified atom stereocenters. The number of rotatable bonds is 9. The highest BCUT2D eigenvalue weighted by Gasteiger charge is 2.35. The summed E-state index contributed by atoms with van der Waals surface area (Å²) in [7, 11) is 1.63. The van der Waals surface area contributed by atoms with Gasteiger partial charge in [-0.15, -0.1) is 0 Å². The topological polar surface area (TPSA) is 87.8 Å². The van der Waals surface area contributed by atoms with Gasteiger partial charge in [-0.2, -0.15) is 5.10 Å². The van der Waals surface area contributed by atoms with Crippen molar-refractivity contribution in [2.24, 2.45) is 5.10 Å². The Balaban J connectivity index is 1.38. The van der Waals surface area contributed by atoms with Crippen LogP contribution >= 0.6 is 0 Å². The van der Waals surface area contributed by atoms with Crippen LogP contribution in [0.25, 0.3) is 0 Å². The van der Waals surface area contributed by atoms with Crippen LogP contribution in [0.3, 0.4) is 0 Å². The Morgan fingerprint density at radius 2 is 1.79 bits per heavy atom. The summed E-state index contributed by atoms with van der Waals surface area (Å²) in [4.78, 5) is 30.9. The van der Waals surface area contributed by atoms with Gasteiger partial charge in [0.05, 0.1) is 38.3 Å². The fourth-order valence-electron chi connectivity index (χ4n) is 4.76. The van der Waals surface area contributed by atoms with E-state index in [-0.39, 0.29) is 30.2 Å². The molecule has 5 rings (SSSR count). The first-order chi connectivity index (χ1) is 18.6. The standard InChI is InChI=1S/C29H32N4O5/c1-36-24-11-9-22(10-12-24)25-20-26(23-6-3-2-4-7-23)33(30-25)28(34)21-32(29(35)27-8-5-17-38-27)14-13-31-15-18-37-19-16-31/h2-12,17,26H,13-16,18-21H2,1H3/t26-/m0/s1. The van der Waals surface area contributed by atoms with Crippen molar-refractivity contribution >= 4 is 17.5 Å². The van der Waals surface area contributed by atoms with E-state index in [4.69, 9.17) is 19.0 Å². The van der Waals surface area contributed by atoms with Crippen LogP contribution in [0.5, 0.6) is 5.75 Å². The molecule has 3 aromatic rings. The molecule has 0 spiro atoms. The third kappa shape index (κ3) is 5.95. The van der Waals surface area contributed by atoms with Crippen molar-refractivity contribution in [3.8, 4) is 5.75 Å². The summed E-state index contributed by atoms with van der Waals surface area (Å²) in [5, 5.41) is 6.30. The Morgan fingerprint density at radius 3 is 2.47 bits per heavy atom. The maximum absolute atomic E-state index is 13.8. The van der Waals surface area contributed by atoms with Gasteiger partial charge in [0.25, 0.3) is 11.8 Å². The fourth-order valence-corrected chi connectivity index (χ4v) is 4.76. The average Bonchev–Trinajstić information content (AvgIpc) is 3.67. The van der Waals surface area contributed by atoms with Gasteiger partial charge in [-0.25, -0.2) is 5.01 Å². The summed E-state index contributed by atoms with van der Waals surface area (Å²) in [6, 6.07) is 20.6. The molecule has 1 aromatic heterocycles. The van der Waals surface area contributed by atoms with E-state index in [0.29, 0.717) is 32.7 Å². The highest BCUT2D eigenvalue weighted by Crippen LogP contribution is 2.33. The number of ether oxygens (including phenoxy) is 2. The van der Waals surface area contributed by atoms with Crippen LogP contribution in [0.1, 0.15) is 34.1 Å². The van der Waals surface area contributed by atoms with Crippen LogP contribution in [0, 0.1) is 0 Å². The molecule has 0 radical (unpaired) electrons. The second-order valence-corrected chi connectivity index (χ2v) is 9.30. The van der Waals surface area contributed by atoms with Crippen molar-refractivity contribution in [3.05, 3.63) is 89.9 Å². The summed E-state index contributed by atoms with van der Waals surface area (Å²) in [6.07, 6.45) is 2.04. The number of furan rings is 1. The molecular formula is C29H32N4O5. The lowest BCUT2D eigenvalue weighted by atomic mass is 9.98. The lowest BCUT2D eigenvalue weighted by Crippen LogP contribution is -2.46. The predicted molar refractivity (Wildman–Crippen MR) is 142 cm³/mol. The molecule has 0 aliphatic carbocycles. The maximum Gasteiger partial charge on any atom is 0.290 e. The van der Waals surface area contributed by atoms with Crippen LogP contribution in [0.15, 0.2) is 82.5 Å². The molecule has 2 aliphatic rings. The minimum atomic E-state index is -0.313. The Bertz CT molecular complexity index is 1240. The molecule has 0 saturated carbocycles. The van der Waals surface area contributed by atoms with Gasteiger partial charge in [0, 0.05) is 32.6 Å². The van der Waals surface area contributed by atoms with Gasteiger partial charge in [0.15, 0.2) is 5.76 Å². The van der Waals surface area contributed by atoms with Gasteiger partial charge in [0.1, 0.15) is 12.3 Å². The molecule has 2 amide bonds. The SMILES string of the molecule is COc1ccc(C2=NN(C(=O)CN(CCN3CCOCC3)C(=O)c3ccco3)[C@H](c3ccccc3)C2)cc1. The fraction of sp³-hybridized carbons (Fsp3) is 0.345. The molecule has 198 valence electrons. The normalized spacial score (nSPS) is 17.8. The largest absolute Gasteiger partial charge is 0.497 e. The molecule has 1 fully saturated rings. The minimum Gasteiger partial charge on any atom is -0.497 e. The van der Waals surface area contributed by atoms with Crippen LogP contribution in [-0.4, -0.2) is 85.4 Å². The number of nitrogens with zero attached hydrogens (tertiary/aromatic N) is 4. The maximum atomic E-state index is 13.8. The van der Waals surface area contributed by atoms with Gasteiger partial charge in [-0.3, -0.25) is 14.5 Å². The van der Waals surface area contributed by atoms with Gasteiger partial charge in [0.2, 0.25) is 0 Å². The predicted octanol–water partition coefficient (Wildman–Crippen LogP) is 3.44. The van der Waals surface area contributed by atoms with E-state index < -0.39 is 0 Å². The molecule has 2 aliphatic heterocycles. The van der Waals surface area contributed by atoms with E-state index >= 15 is 0 Å². The van der Waals surface area contributed by atoms with Crippen LogP contribution in [0.4, 0.5) is 0 Å². The van der Waals surface area contributed by atoms with Crippen molar-refractivity contribution in [2.75, 3.05) is 53.0 Å². The Kier molecular flexibility index (Phi) is 8.15. The zero-order valence-corrected chi connectivity index (χ0v) is 21.5. The number of hydrogen-bond donors (Lipinski definition) is 0. The van der Waals surface area contributed by atoms with Crippen LogP contribution in [-0.2, 0) is 9.53 Å². The van der Waals surface area contributed by atoms with Crippen molar-refractivity contribution in [1.82, 2.24) is 14.8 Å². The molecule has 3 heterocycles. The lowest BCUT2D eigenvalue weighted by molar-refractivity contribution is -0.133. The third-order valence-corrected chi connectivity index (χ3v) is 6.91. The van der Waals surface area contributed by atoms with Crippen molar-refractivity contribution < 1.29 is 23.5 Å². The summed E-state index contributed by atoms with van der Waals surface area (Å²) in [5.41, 5.74) is 2.73. The number of benzene rings is 2. The summed E-state index contributed by atoms with van der Waals surface area (Å²) in [5.74, 6) is 0.408. The number of methoxy groups -OCH3 is 1. The molecule has 0 N–H and O–H groups in total. The monoisotopic (exact) mass is 516 g/mol. The highest BCUT2D eigenvalue weighted by atomic mass is 16.5. The molecule has 1 atom stereocenters. The van der Waals surface area contributed by atoms with Crippen molar-refractivity contribution in [2.45, 2.75) is 12.5 Å². The van der Waals surface area contributed by atoms with E-state index in [2.05, 4.69) is 4.90 Å². The summed E-state index contributed by atoms with van der Waals surface area (Å²) in [6.45, 7) is 3.87. The third-order valence-electron chi connectivity index (χ3n) is 6.91. The highest BCUT2D eigenvalue weighted by molar-refractivity contribution is 6.03. The summed E-state index contributed by atoms with van der Waals surface area (Å²) < 4.78 is 16.1. The Morgan fingerprint density at radius 1 is 1.03 bits per heavy atom. The van der Waals surface area contributed by atoms with Crippen molar-refractivity contribution in [1.29, 1.82) is 0 Å². The molecule has 2 aromatic carbocycles. The van der Waals surface area contributed by atoms with Crippen LogP contribution in [0.2, 0.25) is 0 Å². The first-order valence-corrected chi connectivity index (χ1v) is 12.8. The van der Waals surface area contributed by atoms with E-state index in [1.165, 1.54) is 11.3 Å². The molecule has 38 heavy (non-hydrogen) atoms. The molecule has 9 nitrogen and oxygen atoms in total. The van der Waals surface area contributed by atoms with Gasteiger partial charge in [-0.1, -0.05) is 30.3 Å². The first-order valence-electron chi connectivity index (χ1n) is 12.8. The quantitative estimate of drug-likeness (QED) is 0.433. The molecule has 9 heteroatoms. The van der Waals surface area contributed by atoms with Gasteiger partial charge >= 0.3 is 0 Å². The minimum absolute atomic E-state index is 0.105. The second kappa shape index (κ2) is 12.1. The Hall–Kier alpha value is -3.95. The van der Waals surface area contributed by atoms with E-state index in [1.807, 2.05) is 54.6 Å². The first kappa shape index (κ1) is 25.7. The number of amides is 2. The van der Waals surface area contributed by atoms with E-state index in [1.54, 1.807) is 24.1 Å². The van der Waals surface area contributed by atoms with Gasteiger partial charge < -0.3 is 18.8 Å². The zero-order chi connectivity index (χ0) is 26.3.